The van der Waals surface area contributed by atoms with E-state index < -0.39 is 39.8 Å². The lowest BCUT2D eigenvalue weighted by atomic mass is 9.89. The lowest BCUT2D eigenvalue weighted by Crippen LogP contribution is -2.50. The van der Waals surface area contributed by atoms with E-state index >= 15 is 0 Å². The van der Waals surface area contributed by atoms with E-state index in [4.69, 9.17) is 4.74 Å². The average molecular weight is 322 g/mol. The van der Waals surface area contributed by atoms with Crippen LogP contribution in [0.3, 0.4) is 0 Å². The number of nitrogens with one attached hydrogen (secondary N) is 1. The van der Waals surface area contributed by atoms with Gasteiger partial charge in [0.05, 0.1) is 18.1 Å². The minimum Gasteiger partial charge on any atom is -0.495 e. The number of benzene rings is 1. The normalized spacial score (nSPS) is 18.0. The molecule has 1 aromatic carbocycles. The van der Waals surface area contributed by atoms with Crippen LogP contribution in [0.4, 0.5) is 14.5 Å². The van der Waals surface area contributed by atoms with Crippen LogP contribution in [0, 0.1) is 10.1 Å². The lowest BCUT2D eigenvalue weighted by Gasteiger charge is -2.35. The molecule has 10 heteroatoms. The van der Waals surface area contributed by atoms with Crippen LogP contribution in [-0.2, 0) is 10.0 Å². The fourth-order valence-corrected chi connectivity index (χ4v) is 3.41. The number of alkyl halides is 2. The molecular formula is C11H12F2N2O5S. The average Bonchev–Trinajstić information content (AvgIpc) is 2.35. The summed E-state index contributed by atoms with van der Waals surface area (Å²) in [6, 6.07) is 2.12. The van der Waals surface area contributed by atoms with Crippen molar-refractivity contribution in [3.63, 3.8) is 0 Å². The maximum atomic E-state index is 12.7. The van der Waals surface area contributed by atoms with E-state index in [-0.39, 0.29) is 16.3 Å². The molecule has 1 aliphatic carbocycles. The van der Waals surface area contributed by atoms with Crippen molar-refractivity contribution >= 4 is 15.7 Å². The Morgan fingerprint density at radius 1 is 1.43 bits per heavy atom. The molecule has 0 amide bonds. The van der Waals surface area contributed by atoms with Crippen molar-refractivity contribution in [1.29, 1.82) is 0 Å². The molecule has 0 bridgehead atoms. The topological polar surface area (TPSA) is 98.5 Å². The van der Waals surface area contributed by atoms with E-state index in [0.717, 1.165) is 25.3 Å². The van der Waals surface area contributed by atoms with Crippen molar-refractivity contribution in [2.45, 2.75) is 29.7 Å². The Balaban J connectivity index is 2.26. The number of sulfonamides is 1. The summed E-state index contributed by atoms with van der Waals surface area (Å²) in [6.07, 6.45) is -1.14. The summed E-state index contributed by atoms with van der Waals surface area (Å²) in [6.45, 7) is 0. The summed E-state index contributed by atoms with van der Waals surface area (Å²) in [5.74, 6) is -3.07. The van der Waals surface area contributed by atoms with Gasteiger partial charge in [-0.2, -0.15) is 0 Å². The van der Waals surface area contributed by atoms with Gasteiger partial charge in [0, 0.05) is 24.9 Å². The summed E-state index contributed by atoms with van der Waals surface area (Å²) in [7, 11) is -2.92. The van der Waals surface area contributed by atoms with Crippen molar-refractivity contribution in [2.75, 3.05) is 7.11 Å². The molecule has 1 aliphatic rings. The van der Waals surface area contributed by atoms with E-state index in [2.05, 4.69) is 4.72 Å². The first-order valence-electron chi connectivity index (χ1n) is 5.87. The quantitative estimate of drug-likeness (QED) is 0.657. The molecule has 0 heterocycles. The number of rotatable bonds is 5. The number of hydrogen-bond donors (Lipinski definition) is 1. The maximum Gasteiger partial charge on any atom is 0.273 e. The van der Waals surface area contributed by atoms with Crippen LogP contribution >= 0.6 is 0 Å². The second kappa shape index (κ2) is 5.19. The van der Waals surface area contributed by atoms with E-state index in [1.165, 1.54) is 0 Å². The number of nitro benzene ring substituents is 1. The molecule has 1 saturated carbocycles. The van der Waals surface area contributed by atoms with E-state index in [9.17, 15) is 27.3 Å². The maximum absolute atomic E-state index is 12.7. The first-order chi connectivity index (χ1) is 9.64. The molecule has 1 fully saturated rings. The van der Waals surface area contributed by atoms with Crippen LogP contribution in [0.1, 0.15) is 12.8 Å². The van der Waals surface area contributed by atoms with Gasteiger partial charge in [-0.25, -0.2) is 21.9 Å². The zero-order valence-corrected chi connectivity index (χ0v) is 11.7. The predicted molar refractivity (Wildman–Crippen MR) is 67.9 cm³/mol. The third-order valence-corrected chi connectivity index (χ3v) is 4.62. The first kappa shape index (κ1) is 15.6. The Labute approximate surface area is 119 Å². The van der Waals surface area contributed by atoms with Crippen LogP contribution in [-0.4, -0.2) is 32.4 Å². The molecule has 1 N–H and O–H groups in total. The molecule has 0 aromatic heterocycles. The van der Waals surface area contributed by atoms with Crippen molar-refractivity contribution in [2.24, 2.45) is 0 Å². The van der Waals surface area contributed by atoms with E-state index in [1.54, 1.807) is 0 Å². The fourth-order valence-electron chi connectivity index (χ4n) is 2.02. The molecule has 0 spiro atoms. The van der Waals surface area contributed by atoms with Crippen molar-refractivity contribution in [3.8, 4) is 5.75 Å². The van der Waals surface area contributed by atoms with Crippen LogP contribution in [0.5, 0.6) is 5.75 Å². The molecule has 0 radical (unpaired) electrons. The van der Waals surface area contributed by atoms with Gasteiger partial charge in [-0.15, -0.1) is 0 Å². The predicted octanol–water partition coefficient (Wildman–Crippen LogP) is 1.68. The highest BCUT2D eigenvalue weighted by molar-refractivity contribution is 7.89. The Hall–Kier alpha value is -1.81. The van der Waals surface area contributed by atoms with Gasteiger partial charge in [0.1, 0.15) is 10.6 Å². The molecular weight excluding hydrogens is 310 g/mol. The standard InChI is InChI=1S/C11H12F2N2O5S/c1-20-9-4-8(15(16)17)2-3-10(9)21(18,19)14-7-5-11(12,13)6-7/h2-4,7,14H,5-6H2,1H3. The number of nitro groups is 1. The van der Waals surface area contributed by atoms with Crippen molar-refractivity contribution in [3.05, 3.63) is 28.3 Å². The molecule has 0 atom stereocenters. The van der Waals surface area contributed by atoms with Crippen LogP contribution in [0.15, 0.2) is 23.1 Å². The minimum absolute atomic E-state index is 0.220. The van der Waals surface area contributed by atoms with Gasteiger partial charge in [0.15, 0.2) is 0 Å². The van der Waals surface area contributed by atoms with Crippen LogP contribution < -0.4 is 9.46 Å². The fraction of sp³-hybridized carbons (Fsp3) is 0.455. The van der Waals surface area contributed by atoms with Gasteiger partial charge in [-0.1, -0.05) is 0 Å². The zero-order chi connectivity index (χ0) is 15.8. The highest BCUT2D eigenvalue weighted by atomic mass is 32.2. The van der Waals surface area contributed by atoms with Crippen molar-refractivity contribution < 1.29 is 26.9 Å². The number of ether oxygens (including phenoxy) is 1. The zero-order valence-electron chi connectivity index (χ0n) is 10.9. The SMILES string of the molecule is COc1cc([N+](=O)[O-])ccc1S(=O)(=O)NC1CC(F)(F)C1. The summed E-state index contributed by atoms with van der Waals surface area (Å²) in [5.41, 5.74) is -0.332. The highest BCUT2D eigenvalue weighted by Gasteiger charge is 2.47. The summed E-state index contributed by atoms with van der Waals surface area (Å²) in [4.78, 5) is 9.61. The van der Waals surface area contributed by atoms with Gasteiger partial charge < -0.3 is 4.74 Å². The van der Waals surface area contributed by atoms with Crippen LogP contribution in [0.2, 0.25) is 0 Å². The van der Waals surface area contributed by atoms with E-state index in [0.29, 0.717) is 0 Å². The summed E-state index contributed by atoms with van der Waals surface area (Å²) in [5, 5.41) is 10.6. The highest BCUT2D eigenvalue weighted by Crippen LogP contribution is 2.38. The number of methoxy groups -OCH3 is 1. The lowest BCUT2D eigenvalue weighted by molar-refractivity contribution is -0.385. The van der Waals surface area contributed by atoms with Gasteiger partial charge >= 0.3 is 0 Å². The minimum atomic E-state index is -4.09. The summed E-state index contributed by atoms with van der Waals surface area (Å²) < 4.78 is 56.6. The molecule has 21 heavy (non-hydrogen) atoms. The molecule has 0 saturated heterocycles. The summed E-state index contributed by atoms with van der Waals surface area (Å²) >= 11 is 0. The third-order valence-electron chi connectivity index (χ3n) is 3.06. The van der Waals surface area contributed by atoms with Crippen LogP contribution in [0.25, 0.3) is 0 Å². The van der Waals surface area contributed by atoms with E-state index in [1.807, 2.05) is 0 Å². The Morgan fingerprint density at radius 2 is 2.05 bits per heavy atom. The molecule has 0 aliphatic heterocycles. The number of nitrogens with zero attached hydrogens (tertiary/aromatic N) is 1. The number of halogens is 2. The van der Waals surface area contributed by atoms with Gasteiger partial charge in [-0.3, -0.25) is 10.1 Å². The monoisotopic (exact) mass is 322 g/mol. The molecule has 1 aromatic rings. The Bertz CT molecular complexity index is 669. The first-order valence-corrected chi connectivity index (χ1v) is 7.35. The smallest absolute Gasteiger partial charge is 0.273 e. The second-order valence-corrected chi connectivity index (χ2v) is 6.36. The number of hydrogen-bond acceptors (Lipinski definition) is 5. The third kappa shape index (κ3) is 3.27. The van der Waals surface area contributed by atoms with Gasteiger partial charge in [0.2, 0.25) is 10.0 Å². The molecule has 7 nitrogen and oxygen atoms in total. The molecule has 2 rings (SSSR count). The molecule has 116 valence electrons. The van der Waals surface area contributed by atoms with Crippen molar-refractivity contribution in [1.82, 2.24) is 4.72 Å². The largest absolute Gasteiger partial charge is 0.495 e. The molecule has 0 unspecified atom stereocenters. The van der Waals surface area contributed by atoms with Gasteiger partial charge in [-0.05, 0) is 6.07 Å². The second-order valence-electron chi connectivity index (χ2n) is 4.67. The Morgan fingerprint density at radius 3 is 2.52 bits per heavy atom. The van der Waals surface area contributed by atoms with Gasteiger partial charge in [0.25, 0.3) is 11.6 Å². The Kier molecular flexibility index (Phi) is 3.85. The number of non-ortho nitro benzene ring substituents is 1.